The molecular formula is C29H25ClN2O5S2. The van der Waals surface area contributed by atoms with Crippen LogP contribution in [0.3, 0.4) is 0 Å². The van der Waals surface area contributed by atoms with E-state index in [2.05, 4.69) is 4.99 Å². The zero-order chi connectivity index (χ0) is 27.5. The van der Waals surface area contributed by atoms with Gasteiger partial charge >= 0.3 is 5.97 Å². The van der Waals surface area contributed by atoms with E-state index in [9.17, 15) is 9.59 Å². The third-order valence-electron chi connectivity index (χ3n) is 6.16. The number of hydrogen-bond acceptors (Lipinski definition) is 8. The van der Waals surface area contributed by atoms with Crippen LogP contribution in [-0.2, 0) is 16.1 Å². The van der Waals surface area contributed by atoms with Crippen LogP contribution in [0.1, 0.15) is 35.9 Å². The lowest BCUT2D eigenvalue weighted by molar-refractivity contribution is -0.139. The summed E-state index contributed by atoms with van der Waals surface area (Å²) in [6.07, 6.45) is 1.79. The van der Waals surface area contributed by atoms with Crippen molar-refractivity contribution in [2.75, 3.05) is 13.7 Å². The normalized spacial score (nSPS) is 15.1. The van der Waals surface area contributed by atoms with Gasteiger partial charge < -0.3 is 14.2 Å². The van der Waals surface area contributed by atoms with E-state index in [0.717, 1.165) is 16.0 Å². The van der Waals surface area contributed by atoms with Gasteiger partial charge in [-0.25, -0.2) is 9.79 Å². The lowest BCUT2D eigenvalue weighted by Crippen LogP contribution is -2.39. The number of thiophene rings is 1. The third kappa shape index (κ3) is 5.43. The molecule has 0 amide bonds. The Morgan fingerprint density at radius 1 is 1.15 bits per heavy atom. The fourth-order valence-electron chi connectivity index (χ4n) is 4.32. The van der Waals surface area contributed by atoms with Gasteiger partial charge in [0, 0.05) is 15.5 Å². The average molecular weight is 581 g/mol. The predicted molar refractivity (Wildman–Crippen MR) is 153 cm³/mol. The molecule has 5 rings (SSSR count). The van der Waals surface area contributed by atoms with Gasteiger partial charge in [0.25, 0.3) is 5.56 Å². The molecule has 0 aliphatic carbocycles. The molecule has 3 heterocycles. The fraction of sp³-hybridized carbons (Fsp3) is 0.207. The summed E-state index contributed by atoms with van der Waals surface area (Å²) in [5, 5.41) is 2.55. The molecule has 2 aromatic carbocycles. The molecule has 0 saturated carbocycles. The highest BCUT2D eigenvalue weighted by Gasteiger charge is 2.33. The molecule has 0 bridgehead atoms. The van der Waals surface area contributed by atoms with E-state index in [4.69, 9.17) is 25.8 Å². The first-order chi connectivity index (χ1) is 18.9. The molecule has 200 valence electrons. The van der Waals surface area contributed by atoms with Gasteiger partial charge in [0.2, 0.25) is 0 Å². The molecule has 0 fully saturated rings. The maximum atomic E-state index is 13.7. The maximum absolute atomic E-state index is 13.7. The van der Waals surface area contributed by atoms with Crippen molar-refractivity contribution < 1.29 is 19.0 Å². The maximum Gasteiger partial charge on any atom is 0.338 e. The number of hydrogen-bond donors (Lipinski definition) is 0. The van der Waals surface area contributed by atoms with Crippen LogP contribution in [0.25, 0.3) is 6.08 Å². The van der Waals surface area contributed by atoms with Crippen molar-refractivity contribution >= 4 is 46.3 Å². The van der Waals surface area contributed by atoms with Crippen molar-refractivity contribution in [1.82, 2.24) is 4.57 Å². The van der Waals surface area contributed by atoms with Crippen molar-refractivity contribution in [3.05, 3.63) is 112 Å². The van der Waals surface area contributed by atoms with Crippen LogP contribution >= 0.6 is 34.3 Å². The van der Waals surface area contributed by atoms with Crippen LogP contribution in [0.4, 0.5) is 0 Å². The highest BCUT2D eigenvalue weighted by atomic mass is 35.5. The summed E-state index contributed by atoms with van der Waals surface area (Å²) in [7, 11) is 1.57. The molecule has 1 aliphatic heterocycles. The van der Waals surface area contributed by atoms with Gasteiger partial charge in [-0.3, -0.25) is 9.36 Å². The number of aromatic nitrogens is 1. The minimum Gasteiger partial charge on any atom is -0.493 e. The van der Waals surface area contributed by atoms with E-state index in [0.29, 0.717) is 43.7 Å². The SMILES string of the molecule is CCOC(=O)C1=C(C)N=c2sc(=Cc3ccc(OCc4ccccc4Cl)c(OC)c3)c(=O)n2C1c1cccs1. The van der Waals surface area contributed by atoms with Crippen molar-refractivity contribution in [2.24, 2.45) is 4.99 Å². The molecule has 0 saturated heterocycles. The summed E-state index contributed by atoms with van der Waals surface area (Å²) in [4.78, 5) is 32.6. The van der Waals surface area contributed by atoms with Crippen LogP contribution in [0.5, 0.6) is 11.5 Å². The average Bonchev–Trinajstić information content (AvgIpc) is 3.56. The van der Waals surface area contributed by atoms with Crippen molar-refractivity contribution in [3.8, 4) is 11.5 Å². The fourth-order valence-corrected chi connectivity index (χ4v) is 6.38. The number of carbonyl (C=O) groups is 1. The second-order valence-electron chi connectivity index (χ2n) is 8.61. The van der Waals surface area contributed by atoms with Crippen LogP contribution in [-0.4, -0.2) is 24.3 Å². The highest BCUT2D eigenvalue weighted by Crippen LogP contribution is 2.33. The molecule has 0 N–H and O–H groups in total. The summed E-state index contributed by atoms with van der Waals surface area (Å²) in [6, 6.07) is 16.2. The first-order valence-corrected chi connectivity index (χ1v) is 14.3. The number of rotatable bonds is 8. The third-order valence-corrected chi connectivity index (χ3v) is 8.43. The smallest absolute Gasteiger partial charge is 0.338 e. The quantitative estimate of drug-likeness (QED) is 0.271. The number of methoxy groups -OCH3 is 1. The molecular weight excluding hydrogens is 556 g/mol. The number of thiazole rings is 1. The van der Waals surface area contributed by atoms with Crippen LogP contribution in [0.2, 0.25) is 5.02 Å². The van der Waals surface area contributed by atoms with E-state index >= 15 is 0 Å². The number of nitrogens with zero attached hydrogens (tertiary/aromatic N) is 2. The number of allylic oxidation sites excluding steroid dienone is 1. The number of benzene rings is 2. The van der Waals surface area contributed by atoms with Crippen LogP contribution in [0.15, 0.2) is 81.0 Å². The van der Waals surface area contributed by atoms with Gasteiger partial charge in [-0.2, -0.15) is 0 Å². The Labute approximate surface area is 237 Å². The topological polar surface area (TPSA) is 79.1 Å². The summed E-state index contributed by atoms with van der Waals surface area (Å²) >= 11 is 9.00. The number of carbonyl (C=O) groups excluding carboxylic acids is 1. The molecule has 1 aliphatic rings. The Hall–Kier alpha value is -3.66. The zero-order valence-corrected chi connectivity index (χ0v) is 23.9. The lowest BCUT2D eigenvalue weighted by atomic mass is 10.0. The monoisotopic (exact) mass is 580 g/mol. The zero-order valence-electron chi connectivity index (χ0n) is 21.5. The molecule has 0 radical (unpaired) electrons. The minimum absolute atomic E-state index is 0.232. The second-order valence-corrected chi connectivity index (χ2v) is 11.0. The Balaban J connectivity index is 1.52. The summed E-state index contributed by atoms with van der Waals surface area (Å²) in [5.41, 5.74) is 2.31. The van der Waals surface area contributed by atoms with Gasteiger partial charge in [-0.15, -0.1) is 11.3 Å². The van der Waals surface area contributed by atoms with Gasteiger partial charge in [0.15, 0.2) is 16.3 Å². The van der Waals surface area contributed by atoms with Crippen molar-refractivity contribution in [2.45, 2.75) is 26.5 Å². The largest absolute Gasteiger partial charge is 0.493 e. The number of fused-ring (bicyclic) bond motifs is 1. The molecule has 0 spiro atoms. The minimum atomic E-state index is -0.599. The van der Waals surface area contributed by atoms with E-state index in [1.165, 1.54) is 22.7 Å². The van der Waals surface area contributed by atoms with Gasteiger partial charge in [-0.1, -0.05) is 53.3 Å². The number of ether oxygens (including phenoxy) is 3. The molecule has 4 aromatic rings. The summed E-state index contributed by atoms with van der Waals surface area (Å²) < 4.78 is 18.9. The molecule has 1 unspecified atom stereocenters. The molecule has 2 aromatic heterocycles. The van der Waals surface area contributed by atoms with Crippen molar-refractivity contribution in [3.63, 3.8) is 0 Å². The Morgan fingerprint density at radius 3 is 2.69 bits per heavy atom. The van der Waals surface area contributed by atoms with E-state index in [-0.39, 0.29) is 12.2 Å². The highest BCUT2D eigenvalue weighted by molar-refractivity contribution is 7.10. The van der Waals surface area contributed by atoms with E-state index < -0.39 is 12.0 Å². The van der Waals surface area contributed by atoms with Gasteiger partial charge in [0.1, 0.15) is 12.6 Å². The molecule has 7 nitrogen and oxygen atoms in total. The van der Waals surface area contributed by atoms with Crippen LogP contribution in [0, 0.1) is 0 Å². The molecule has 10 heteroatoms. The van der Waals surface area contributed by atoms with Crippen LogP contribution < -0.4 is 24.4 Å². The van der Waals surface area contributed by atoms with Gasteiger partial charge in [-0.05, 0) is 55.1 Å². The van der Waals surface area contributed by atoms with Gasteiger partial charge in [0.05, 0.1) is 29.5 Å². The van der Waals surface area contributed by atoms with Crippen molar-refractivity contribution in [1.29, 1.82) is 0 Å². The van der Waals surface area contributed by atoms with E-state index in [1.807, 2.05) is 53.9 Å². The second kappa shape index (κ2) is 11.6. The summed E-state index contributed by atoms with van der Waals surface area (Å²) in [5.74, 6) is 0.618. The Bertz CT molecular complexity index is 1740. The molecule has 1 atom stereocenters. The van der Waals surface area contributed by atoms with E-state index in [1.54, 1.807) is 37.7 Å². The predicted octanol–water partition coefficient (Wildman–Crippen LogP) is 5.10. The summed E-state index contributed by atoms with van der Waals surface area (Å²) in [6.45, 7) is 4.05. The molecule has 39 heavy (non-hydrogen) atoms. The Morgan fingerprint density at radius 2 is 1.97 bits per heavy atom. The standard InChI is InChI=1S/C29H25ClN2O5S2/c1-4-36-28(34)25-17(2)31-29-32(26(25)23-10-7-13-38-23)27(33)24(39-29)15-18-11-12-21(22(14-18)35-3)37-16-19-8-5-6-9-20(19)30/h5-15,26H,4,16H2,1-3H3. The Kier molecular flexibility index (Phi) is 8.02. The number of esters is 1. The first-order valence-electron chi connectivity index (χ1n) is 12.2. The number of halogens is 1. The lowest BCUT2D eigenvalue weighted by Gasteiger charge is -2.23. The first kappa shape index (κ1) is 26.9.